The van der Waals surface area contributed by atoms with Crippen molar-refractivity contribution in [1.29, 1.82) is 0 Å². The van der Waals surface area contributed by atoms with Gasteiger partial charge in [-0.3, -0.25) is 0 Å². The molecule has 1 unspecified atom stereocenters. The molecule has 0 aliphatic heterocycles. The predicted octanol–water partition coefficient (Wildman–Crippen LogP) is 3.07. The molecule has 0 aliphatic rings. The van der Waals surface area contributed by atoms with Crippen LogP contribution >= 0.6 is 24.4 Å². The van der Waals surface area contributed by atoms with Crippen molar-refractivity contribution < 1.29 is 22.0 Å². The van der Waals surface area contributed by atoms with E-state index >= 15 is 0 Å². The highest BCUT2D eigenvalue weighted by Crippen LogP contribution is 2.28. The van der Waals surface area contributed by atoms with Crippen molar-refractivity contribution in [3.05, 3.63) is 0 Å². The summed E-state index contributed by atoms with van der Waals surface area (Å²) in [5, 5.41) is 0. The standard InChI is InChI=1S/C4H4F5S2/c5-2(6)3(10)11-1-4(7,8)9/h2-3H,1H2. The van der Waals surface area contributed by atoms with Gasteiger partial charge in [0.05, 0.1) is 5.75 Å². The number of rotatable bonds is 3. The second-order valence-electron chi connectivity index (χ2n) is 1.63. The number of hydrogen-bond donors (Lipinski definition) is 0. The molecule has 0 aliphatic carbocycles. The molecule has 0 bridgehead atoms. The van der Waals surface area contributed by atoms with Gasteiger partial charge in [0.25, 0.3) is 6.43 Å². The Morgan fingerprint density at radius 2 is 1.73 bits per heavy atom. The maximum atomic E-state index is 11.5. The lowest BCUT2D eigenvalue weighted by atomic mass is 10.8. The third kappa shape index (κ3) is 6.74. The minimum atomic E-state index is -4.42. The maximum absolute atomic E-state index is 11.5. The highest BCUT2D eigenvalue weighted by Gasteiger charge is 2.30. The van der Waals surface area contributed by atoms with E-state index < -0.39 is 22.9 Å². The molecule has 67 valence electrons. The van der Waals surface area contributed by atoms with Gasteiger partial charge < -0.3 is 0 Å². The molecule has 0 saturated carbocycles. The Kier molecular flexibility index (Phi) is 4.53. The molecule has 11 heavy (non-hydrogen) atoms. The van der Waals surface area contributed by atoms with Gasteiger partial charge >= 0.3 is 6.18 Å². The van der Waals surface area contributed by atoms with Gasteiger partial charge in [0, 0.05) is 0 Å². The van der Waals surface area contributed by atoms with Crippen LogP contribution in [-0.4, -0.2) is 22.9 Å². The van der Waals surface area contributed by atoms with Crippen LogP contribution in [0.1, 0.15) is 0 Å². The fraction of sp³-hybridized carbons (Fsp3) is 1.00. The van der Waals surface area contributed by atoms with Crippen LogP contribution in [0.25, 0.3) is 0 Å². The van der Waals surface area contributed by atoms with Gasteiger partial charge in [-0.15, -0.1) is 11.8 Å². The maximum Gasteiger partial charge on any atom is 0.397 e. The molecule has 0 aromatic heterocycles. The molecule has 0 spiro atoms. The monoisotopic (exact) mass is 211 g/mol. The van der Waals surface area contributed by atoms with Crippen LogP contribution in [0.2, 0.25) is 0 Å². The van der Waals surface area contributed by atoms with E-state index in [9.17, 15) is 22.0 Å². The van der Waals surface area contributed by atoms with E-state index in [1.165, 1.54) is 0 Å². The van der Waals surface area contributed by atoms with Gasteiger partial charge in [-0.25, -0.2) is 8.78 Å². The average Bonchev–Trinajstić information content (AvgIpc) is 1.80. The molecule has 0 N–H and O–H groups in total. The van der Waals surface area contributed by atoms with Gasteiger partial charge in [0.2, 0.25) is 0 Å². The van der Waals surface area contributed by atoms with Crippen molar-refractivity contribution in [2.24, 2.45) is 0 Å². The van der Waals surface area contributed by atoms with E-state index in [-0.39, 0.29) is 11.8 Å². The van der Waals surface area contributed by atoms with E-state index in [4.69, 9.17) is 0 Å². The first-order valence-corrected chi connectivity index (χ1v) is 3.97. The summed E-state index contributed by atoms with van der Waals surface area (Å²) in [6.45, 7) is 0. The second kappa shape index (κ2) is 4.39. The molecule has 1 atom stereocenters. The zero-order chi connectivity index (χ0) is 9.07. The second-order valence-corrected chi connectivity index (χ2v) is 3.57. The van der Waals surface area contributed by atoms with Crippen LogP contribution in [0, 0.1) is 0 Å². The van der Waals surface area contributed by atoms with Gasteiger partial charge in [0.15, 0.2) is 0 Å². The first-order chi connectivity index (χ1) is 4.83. The smallest absolute Gasteiger partial charge is 0.208 e. The van der Waals surface area contributed by atoms with E-state index in [1.807, 2.05) is 0 Å². The fourth-order valence-corrected chi connectivity index (χ4v) is 0.952. The van der Waals surface area contributed by atoms with E-state index in [0.717, 1.165) is 0 Å². The lowest BCUT2D eigenvalue weighted by molar-refractivity contribution is -0.105. The topological polar surface area (TPSA) is 0 Å². The normalized spacial score (nSPS) is 15.5. The first kappa shape index (κ1) is 11.4. The summed E-state index contributed by atoms with van der Waals surface area (Å²) in [7, 11) is 0. The Hall–Kier alpha value is 0.350. The van der Waals surface area contributed by atoms with Crippen molar-refractivity contribution in [3.63, 3.8) is 0 Å². The SMILES string of the molecule is FC(F)C([S])SCC(F)(F)F. The van der Waals surface area contributed by atoms with E-state index in [2.05, 4.69) is 12.6 Å². The largest absolute Gasteiger partial charge is 0.397 e. The first-order valence-electron chi connectivity index (χ1n) is 2.45. The van der Waals surface area contributed by atoms with E-state index in [0.29, 0.717) is 0 Å². The summed E-state index contributed by atoms with van der Waals surface area (Å²) in [5.74, 6) is -1.31. The molecule has 7 heteroatoms. The average molecular weight is 211 g/mol. The van der Waals surface area contributed by atoms with Crippen LogP contribution in [0.5, 0.6) is 0 Å². The molecule has 0 amide bonds. The van der Waals surface area contributed by atoms with Crippen molar-refractivity contribution in [2.45, 2.75) is 17.2 Å². The lowest BCUT2D eigenvalue weighted by Gasteiger charge is -2.09. The van der Waals surface area contributed by atoms with Crippen LogP contribution in [0.3, 0.4) is 0 Å². The van der Waals surface area contributed by atoms with Crippen LogP contribution < -0.4 is 0 Å². The van der Waals surface area contributed by atoms with Crippen LogP contribution in [0.15, 0.2) is 0 Å². The fourth-order valence-electron chi connectivity index (χ4n) is 0.249. The van der Waals surface area contributed by atoms with Crippen molar-refractivity contribution in [3.8, 4) is 0 Å². The van der Waals surface area contributed by atoms with Crippen molar-refractivity contribution in [2.75, 3.05) is 5.75 Å². The molecule has 0 aromatic rings. The van der Waals surface area contributed by atoms with Crippen LogP contribution in [-0.2, 0) is 0 Å². The predicted molar refractivity (Wildman–Crippen MR) is 35.9 cm³/mol. The molecular weight excluding hydrogens is 207 g/mol. The highest BCUT2D eigenvalue weighted by molar-refractivity contribution is 8.10. The highest BCUT2D eigenvalue weighted by atomic mass is 32.2. The molecule has 0 saturated heterocycles. The summed E-state index contributed by atoms with van der Waals surface area (Å²) >= 11 is 4.07. The Balaban J connectivity index is 3.54. The summed E-state index contributed by atoms with van der Waals surface area (Å²) in [6.07, 6.45) is -7.30. The molecule has 1 radical (unpaired) electrons. The Morgan fingerprint density at radius 3 is 2.00 bits per heavy atom. The van der Waals surface area contributed by atoms with Gasteiger partial charge in [-0.1, -0.05) is 12.6 Å². The van der Waals surface area contributed by atoms with Gasteiger partial charge in [-0.2, -0.15) is 13.2 Å². The minimum Gasteiger partial charge on any atom is -0.208 e. The minimum absolute atomic E-state index is 0.0312. The summed E-state index contributed by atoms with van der Waals surface area (Å²) < 4.78 is 55.5. The van der Waals surface area contributed by atoms with Crippen molar-refractivity contribution >= 4 is 24.4 Å². The Morgan fingerprint density at radius 1 is 1.27 bits per heavy atom. The molecular formula is C4H4F5S2. The van der Waals surface area contributed by atoms with E-state index in [1.54, 1.807) is 0 Å². The molecule has 0 nitrogen and oxygen atoms in total. The number of alkyl halides is 5. The van der Waals surface area contributed by atoms with Gasteiger partial charge in [-0.05, 0) is 0 Å². The molecule has 0 rings (SSSR count). The molecule has 0 aromatic carbocycles. The number of thioether (sulfide) groups is 1. The van der Waals surface area contributed by atoms with Crippen LogP contribution in [0.4, 0.5) is 22.0 Å². The third-order valence-electron chi connectivity index (χ3n) is 0.617. The number of hydrogen-bond acceptors (Lipinski definition) is 1. The lowest BCUT2D eigenvalue weighted by Crippen LogP contribution is -2.16. The zero-order valence-electron chi connectivity index (χ0n) is 5.07. The quantitative estimate of drug-likeness (QED) is 0.646. The summed E-state index contributed by atoms with van der Waals surface area (Å²) in [6, 6.07) is 0. The van der Waals surface area contributed by atoms with Gasteiger partial charge in [0.1, 0.15) is 4.58 Å². The number of halogens is 5. The third-order valence-corrected chi connectivity index (χ3v) is 2.26. The summed E-state index contributed by atoms with van der Waals surface area (Å²) in [4.78, 5) is 0. The summed E-state index contributed by atoms with van der Waals surface area (Å²) in [5.41, 5.74) is 0. The Bertz CT molecular complexity index is 112. The Labute approximate surface area is 69.9 Å². The van der Waals surface area contributed by atoms with Crippen molar-refractivity contribution in [1.82, 2.24) is 0 Å². The molecule has 0 heterocycles. The zero-order valence-corrected chi connectivity index (χ0v) is 6.70. The molecule has 0 fully saturated rings.